The molecule has 0 spiro atoms. The van der Waals surface area contributed by atoms with E-state index in [0.29, 0.717) is 23.8 Å². The summed E-state index contributed by atoms with van der Waals surface area (Å²) in [7, 11) is -1.24. The highest BCUT2D eigenvalue weighted by Crippen LogP contribution is 2.33. The van der Waals surface area contributed by atoms with E-state index in [1.165, 1.54) is 31.1 Å². The molecule has 1 N–H and O–H groups in total. The minimum Gasteiger partial charge on any atom is -0.422 e. The number of nitrogens with zero attached hydrogens (tertiary/aromatic N) is 1. The molecule has 1 aromatic heterocycles. The fourth-order valence-corrected chi connectivity index (χ4v) is 5.07. The average molecular weight is 527 g/mol. The maximum atomic E-state index is 15.2. The zero-order chi connectivity index (χ0) is 25.7. The fraction of sp³-hybridized carbons (Fsp3) is 0.304. The molecular formula is C23H21ClF2N2O6S. The Balaban J connectivity index is 1.76. The predicted molar refractivity (Wildman–Crippen MR) is 124 cm³/mol. The molecule has 35 heavy (non-hydrogen) atoms. The summed E-state index contributed by atoms with van der Waals surface area (Å²) >= 11 is 6.24. The molecule has 12 heteroatoms. The topological polar surface area (TPSA) is 106 Å². The number of carbonyl (C=O) groups is 1. The smallest absolute Gasteiger partial charge is 0.414 e. The molecule has 1 aliphatic carbocycles. The van der Waals surface area contributed by atoms with Crippen LogP contribution < -0.4 is 15.1 Å². The number of nitrogens with one attached hydrogen (secondary N) is 1. The second-order valence-electron chi connectivity index (χ2n) is 8.44. The lowest BCUT2D eigenvalue weighted by atomic mass is 9.99. The van der Waals surface area contributed by atoms with Crippen LogP contribution in [0.25, 0.3) is 11.0 Å². The summed E-state index contributed by atoms with van der Waals surface area (Å²) in [6.07, 6.45) is 0.0399. The van der Waals surface area contributed by atoms with Crippen molar-refractivity contribution in [2.75, 3.05) is 14.1 Å². The van der Waals surface area contributed by atoms with Gasteiger partial charge in [0.05, 0.1) is 5.02 Å². The van der Waals surface area contributed by atoms with Gasteiger partial charge in [0.25, 0.3) is 0 Å². The van der Waals surface area contributed by atoms with E-state index in [-0.39, 0.29) is 28.0 Å². The molecule has 8 nitrogen and oxygen atoms in total. The van der Waals surface area contributed by atoms with Crippen molar-refractivity contribution >= 4 is 38.7 Å². The molecule has 0 saturated heterocycles. The zero-order valence-corrected chi connectivity index (χ0v) is 20.5. The van der Waals surface area contributed by atoms with Crippen LogP contribution >= 0.6 is 11.6 Å². The van der Waals surface area contributed by atoms with Gasteiger partial charge in [0, 0.05) is 49.1 Å². The SMILES string of the molecule is Cc1c(Cc2c(F)ccc(S(=O)(=O)NC3CC3)c2F)c(=O)oc2cc(OC(=O)N(C)C)c(Cl)cc12. The summed E-state index contributed by atoms with van der Waals surface area (Å²) in [4.78, 5) is 25.1. The maximum Gasteiger partial charge on any atom is 0.414 e. The van der Waals surface area contributed by atoms with E-state index in [1.807, 2.05) is 0 Å². The molecule has 186 valence electrons. The van der Waals surface area contributed by atoms with Gasteiger partial charge in [-0.2, -0.15) is 0 Å². The van der Waals surface area contributed by atoms with Crippen LogP contribution in [0.15, 0.2) is 38.4 Å². The number of sulfonamides is 1. The van der Waals surface area contributed by atoms with Crippen molar-refractivity contribution in [3.63, 3.8) is 0 Å². The molecule has 2 aromatic carbocycles. The van der Waals surface area contributed by atoms with Crippen molar-refractivity contribution < 1.29 is 31.1 Å². The summed E-state index contributed by atoms with van der Waals surface area (Å²) in [5.41, 5.74) is -1.17. The highest BCUT2D eigenvalue weighted by Gasteiger charge is 2.31. The van der Waals surface area contributed by atoms with Crippen LogP contribution in [-0.4, -0.2) is 39.5 Å². The molecule has 1 heterocycles. The quantitative estimate of drug-likeness (QED) is 0.484. The molecule has 1 amide bonds. The van der Waals surface area contributed by atoms with Gasteiger partial charge < -0.3 is 14.1 Å². The largest absolute Gasteiger partial charge is 0.422 e. The van der Waals surface area contributed by atoms with Gasteiger partial charge in [0.2, 0.25) is 10.0 Å². The zero-order valence-electron chi connectivity index (χ0n) is 18.9. The molecule has 0 unspecified atom stereocenters. The Labute approximate surface area is 204 Å². The third-order valence-corrected chi connectivity index (χ3v) is 7.43. The first-order valence-electron chi connectivity index (χ1n) is 10.5. The first kappa shape index (κ1) is 25.1. The maximum absolute atomic E-state index is 15.2. The van der Waals surface area contributed by atoms with Crippen molar-refractivity contribution in [1.82, 2.24) is 9.62 Å². The van der Waals surface area contributed by atoms with Crippen LogP contribution in [-0.2, 0) is 16.4 Å². The number of carbonyl (C=O) groups excluding carboxylic acids is 1. The first-order valence-corrected chi connectivity index (χ1v) is 12.4. The second kappa shape index (κ2) is 9.21. The Bertz CT molecular complexity index is 1520. The van der Waals surface area contributed by atoms with Crippen LogP contribution in [0, 0.1) is 18.6 Å². The summed E-state index contributed by atoms with van der Waals surface area (Å²) in [5, 5.41) is 0.404. The number of aryl methyl sites for hydroxylation is 1. The highest BCUT2D eigenvalue weighted by molar-refractivity contribution is 7.89. The highest BCUT2D eigenvalue weighted by atomic mass is 35.5. The van der Waals surface area contributed by atoms with E-state index >= 15 is 4.39 Å². The van der Waals surface area contributed by atoms with Gasteiger partial charge in [-0.05, 0) is 43.5 Å². The third kappa shape index (κ3) is 5.02. The van der Waals surface area contributed by atoms with Crippen molar-refractivity contribution in [3.05, 3.63) is 68.0 Å². The van der Waals surface area contributed by atoms with E-state index in [0.717, 1.165) is 12.1 Å². The summed E-state index contributed by atoms with van der Waals surface area (Å²) in [5.74, 6) is -2.32. The van der Waals surface area contributed by atoms with Gasteiger partial charge in [0.15, 0.2) is 5.75 Å². The molecule has 0 radical (unpaired) electrons. The van der Waals surface area contributed by atoms with E-state index < -0.39 is 50.3 Å². The van der Waals surface area contributed by atoms with Gasteiger partial charge in [0.1, 0.15) is 22.1 Å². The minimum absolute atomic E-state index is 0.0358. The number of hydrogen-bond donors (Lipinski definition) is 1. The number of rotatable bonds is 6. The summed E-state index contributed by atoms with van der Waals surface area (Å²) in [6, 6.07) is 4.11. The normalized spacial score (nSPS) is 13.8. The molecule has 1 fully saturated rings. The van der Waals surface area contributed by atoms with Gasteiger partial charge >= 0.3 is 11.7 Å². The average Bonchev–Trinajstić information content (AvgIpc) is 3.57. The number of amides is 1. The lowest BCUT2D eigenvalue weighted by Crippen LogP contribution is -2.27. The van der Waals surface area contributed by atoms with Gasteiger partial charge in [-0.25, -0.2) is 31.5 Å². The molecule has 4 rings (SSSR count). The van der Waals surface area contributed by atoms with E-state index in [9.17, 15) is 22.4 Å². The van der Waals surface area contributed by atoms with Gasteiger partial charge in [-0.3, -0.25) is 0 Å². The van der Waals surface area contributed by atoms with Crippen molar-refractivity contribution in [1.29, 1.82) is 0 Å². The van der Waals surface area contributed by atoms with Crippen LogP contribution in [0.3, 0.4) is 0 Å². The Morgan fingerprint density at radius 2 is 1.91 bits per heavy atom. The number of ether oxygens (including phenoxy) is 1. The monoisotopic (exact) mass is 526 g/mol. The van der Waals surface area contributed by atoms with Crippen LogP contribution in [0.2, 0.25) is 5.02 Å². The Morgan fingerprint density at radius 3 is 2.54 bits per heavy atom. The third-order valence-electron chi connectivity index (χ3n) is 5.60. The molecule has 3 aromatic rings. The van der Waals surface area contributed by atoms with Gasteiger partial charge in [-0.1, -0.05) is 11.6 Å². The van der Waals surface area contributed by atoms with Crippen molar-refractivity contribution in [3.8, 4) is 5.75 Å². The number of hydrogen-bond acceptors (Lipinski definition) is 6. The van der Waals surface area contributed by atoms with Crippen LogP contribution in [0.4, 0.5) is 13.6 Å². The molecule has 1 aliphatic rings. The molecule has 0 aliphatic heterocycles. The van der Waals surface area contributed by atoms with E-state index in [2.05, 4.69) is 4.72 Å². The molecule has 0 atom stereocenters. The van der Waals surface area contributed by atoms with Gasteiger partial charge in [-0.15, -0.1) is 0 Å². The Kier molecular flexibility index (Phi) is 6.60. The molecule has 0 bridgehead atoms. The van der Waals surface area contributed by atoms with Crippen LogP contribution in [0.5, 0.6) is 5.75 Å². The van der Waals surface area contributed by atoms with Crippen LogP contribution in [0.1, 0.15) is 29.5 Å². The van der Waals surface area contributed by atoms with E-state index in [4.69, 9.17) is 20.8 Å². The van der Waals surface area contributed by atoms with Crippen molar-refractivity contribution in [2.45, 2.75) is 37.1 Å². The Morgan fingerprint density at radius 1 is 1.23 bits per heavy atom. The number of fused-ring (bicyclic) bond motifs is 1. The lowest BCUT2D eigenvalue weighted by Gasteiger charge is -2.14. The van der Waals surface area contributed by atoms with Crippen molar-refractivity contribution in [2.24, 2.45) is 0 Å². The lowest BCUT2D eigenvalue weighted by molar-refractivity contribution is 0.172. The minimum atomic E-state index is -4.20. The predicted octanol–water partition coefficient (Wildman–Crippen LogP) is 4.12. The Hall–Kier alpha value is -3.02. The fourth-order valence-electron chi connectivity index (χ4n) is 3.46. The summed E-state index contributed by atoms with van der Waals surface area (Å²) < 4.78 is 67.7. The number of benzene rings is 2. The summed E-state index contributed by atoms with van der Waals surface area (Å²) in [6.45, 7) is 1.54. The molecular weight excluding hydrogens is 506 g/mol. The number of halogens is 3. The first-order chi connectivity index (χ1) is 16.4. The van der Waals surface area contributed by atoms with E-state index in [1.54, 1.807) is 6.92 Å². The molecule has 1 saturated carbocycles. The second-order valence-corrected chi connectivity index (χ2v) is 10.5. The standard InChI is InChI=1S/C23H21ClF2N2O6S/c1-11-13-9-16(24)19(34-23(30)28(2)3)10-18(13)33-22(29)14(11)8-15-17(25)6-7-20(21(15)26)35(31,32)27-12-4-5-12/h6-7,9-10,12,27H,4-5,8H2,1-3H3.